The molecule has 0 aliphatic carbocycles. The molecule has 0 N–H and O–H groups in total. The van der Waals surface area contributed by atoms with Crippen LogP contribution in [-0.4, -0.2) is 15.1 Å². The summed E-state index contributed by atoms with van der Waals surface area (Å²) in [6, 6.07) is 1.81. The number of rotatable bonds is 3. The quantitative estimate of drug-likeness (QED) is 0.691. The molecule has 0 aromatic carbocycles. The second-order valence-electron chi connectivity index (χ2n) is 2.31. The van der Waals surface area contributed by atoms with Gasteiger partial charge in [0.2, 0.25) is 0 Å². The molecule has 1 aromatic heterocycles. The Labute approximate surface area is 68.2 Å². The summed E-state index contributed by atoms with van der Waals surface area (Å²) >= 11 is 0. The highest BCUT2D eigenvalue weighted by Gasteiger charge is 2.03. The molecule has 1 atom stereocenters. The fourth-order valence-electron chi connectivity index (χ4n) is 0.745. The van der Waals surface area contributed by atoms with Crippen LogP contribution >= 0.6 is 0 Å². The highest BCUT2D eigenvalue weighted by Crippen LogP contribution is 2.04. The molecule has 0 bridgehead atoms. The monoisotopic (exact) mass is 173 g/mol. The van der Waals surface area contributed by atoms with Gasteiger partial charge >= 0.3 is 0 Å². The van der Waals surface area contributed by atoms with Gasteiger partial charge in [0.15, 0.2) is 0 Å². The Morgan fingerprint density at radius 3 is 2.91 bits per heavy atom. The van der Waals surface area contributed by atoms with E-state index in [0.29, 0.717) is 17.3 Å². The molecule has 0 aliphatic heterocycles. The van der Waals surface area contributed by atoms with Crippen LogP contribution in [0, 0.1) is 6.92 Å². The normalized spacial score (nSPS) is 13.3. The standard InChI is InChI=1S/C7H11NO2S/c1-3-11(9)5-7-4-6(2)8-10-7/h4H,3,5H2,1-2H3. The Kier molecular flexibility index (Phi) is 2.82. The molecule has 1 aromatic rings. The highest BCUT2D eigenvalue weighted by atomic mass is 32.2. The Balaban J connectivity index is 2.57. The lowest BCUT2D eigenvalue weighted by molar-refractivity contribution is 0.390. The summed E-state index contributed by atoms with van der Waals surface area (Å²) in [5.74, 6) is 1.86. The molecule has 0 aliphatic rings. The lowest BCUT2D eigenvalue weighted by atomic mass is 10.4. The average Bonchev–Trinajstić information content (AvgIpc) is 2.35. The first-order chi connectivity index (χ1) is 5.22. The van der Waals surface area contributed by atoms with Crippen molar-refractivity contribution in [3.63, 3.8) is 0 Å². The lowest BCUT2D eigenvalue weighted by Crippen LogP contribution is -1.95. The number of hydrogen-bond acceptors (Lipinski definition) is 3. The van der Waals surface area contributed by atoms with Crippen molar-refractivity contribution in [3.05, 3.63) is 17.5 Å². The maximum absolute atomic E-state index is 11.0. The zero-order valence-corrected chi connectivity index (χ0v) is 7.48. The van der Waals surface area contributed by atoms with Crippen molar-refractivity contribution < 1.29 is 8.73 Å². The van der Waals surface area contributed by atoms with Crippen LogP contribution in [0.15, 0.2) is 10.6 Å². The summed E-state index contributed by atoms with van der Waals surface area (Å²) in [4.78, 5) is 0. The largest absolute Gasteiger partial charge is 0.360 e. The maximum Gasteiger partial charge on any atom is 0.149 e. The van der Waals surface area contributed by atoms with Gasteiger partial charge in [0.05, 0.1) is 11.4 Å². The third kappa shape index (κ3) is 2.46. The Hall–Kier alpha value is -0.640. The number of nitrogens with zero attached hydrogens (tertiary/aromatic N) is 1. The summed E-state index contributed by atoms with van der Waals surface area (Å²) in [6.45, 7) is 3.74. The molecule has 1 unspecified atom stereocenters. The van der Waals surface area contributed by atoms with E-state index in [-0.39, 0.29) is 0 Å². The third-order valence-corrected chi connectivity index (χ3v) is 2.55. The Bertz CT molecular complexity index is 257. The Morgan fingerprint density at radius 2 is 2.45 bits per heavy atom. The molecule has 3 nitrogen and oxygen atoms in total. The van der Waals surface area contributed by atoms with Gasteiger partial charge in [0.25, 0.3) is 0 Å². The van der Waals surface area contributed by atoms with Gasteiger partial charge in [-0.2, -0.15) is 0 Å². The average molecular weight is 173 g/mol. The smallest absolute Gasteiger partial charge is 0.149 e. The third-order valence-electron chi connectivity index (χ3n) is 1.30. The fraction of sp³-hybridized carbons (Fsp3) is 0.571. The Morgan fingerprint density at radius 1 is 1.73 bits per heavy atom. The van der Waals surface area contributed by atoms with Gasteiger partial charge < -0.3 is 4.52 Å². The van der Waals surface area contributed by atoms with E-state index in [1.54, 1.807) is 0 Å². The minimum Gasteiger partial charge on any atom is -0.360 e. The predicted octanol–water partition coefficient (Wildman–Crippen LogP) is 1.25. The van der Waals surface area contributed by atoms with E-state index < -0.39 is 10.8 Å². The number of aryl methyl sites for hydroxylation is 1. The molecule has 0 spiro atoms. The lowest BCUT2D eigenvalue weighted by Gasteiger charge is -1.90. The zero-order valence-electron chi connectivity index (χ0n) is 6.66. The van der Waals surface area contributed by atoms with E-state index in [9.17, 15) is 4.21 Å². The number of hydrogen-bond donors (Lipinski definition) is 0. The van der Waals surface area contributed by atoms with Crippen molar-refractivity contribution in [3.8, 4) is 0 Å². The van der Waals surface area contributed by atoms with E-state index in [2.05, 4.69) is 5.16 Å². The van der Waals surface area contributed by atoms with Crippen molar-refractivity contribution in [2.24, 2.45) is 0 Å². The van der Waals surface area contributed by atoms with Crippen molar-refractivity contribution in [1.82, 2.24) is 5.16 Å². The van der Waals surface area contributed by atoms with Crippen LogP contribution in [0.25, 0.3) is 0 Å². The second-order valence-corrected chi connectivity index (χ2v) is 4.05. The van der Waals surface area contributed by atoms with Crippen LogP contribution in [0.5, 0.6) is 0 Å². The van der Waals surface area contributed by atoms with E-state index in [4.69, 9.17) is 4.52 Å². The van der Waals surface area contributed by atoms with Gasteiger partial charge in [-0.1, -0.05) is 12.1 Å². The van der Waals surface area contributed by atoms with Gasteiger partial charge in [0, 0.05) is 22.6 Å². The van der Waals surface area contributed by atoms with Gasteiger partial charge in [-0.3, -0.25) is 4.21 Å². The van der Waals surface area contributed by atoms with Crippen LogP contribution in [0.4, 0.5) is 0 Å². The topological polar surface area (TPSA) is 43.1 Å². The molecule has 62 valence electrons. The molecule has 4 heteroatoms. The molecule has 0 saturated heterocycles. The summed E-state index contributed by atoms with van der Waals surface area (Å²) in [6.07, 6.45) is 0. The minimum atomic E-state index is -0.798. The first kappa shape index (κ1) is 8.46. The van der Waals surface area contributed by atoms with Gasteiger partial charge in [-0.15, -0.1) is 0 Å². The van der Waals surface area contributed by atoms with Crippen LogP contribution < -0.4 is 0 Å². The van der Waals surface area contributed by atoms with Crippen LogP contribution in [0.2, 0.25) is 0 Å². The van der Waals surface area contributed by atoms with Gasteiger partial charge in [-0.05, 0) is 6.92 Å². The highest BCUT2D eigenvalue weighted by molar-refractivity contribution is 7.84. The summed E-state index contributed by atoms with van der Waals surface area (Å²) in [7, 11) is -0.798. The summed E-state index contributed by atoms with van der Waals surface area (Å²) in [5.41, 5.74) is 0.841. The molecule has 11 heavy (non-hydrogen) atoms. The molecule has 0 amide bonds. The maximum atomic E-state index is 11.0. The van der Waals surface area contributed by atoms with E-state index in [1.165, 1.54) is 0 Å². The van der Waals surface area contributed by atoms with E-state index in [1.807, 2.05) is 19.9 Å². The van der Waals surface area contributed by atoms with E-state index in [0.717, 1.165) is 5.69 Å². The van der Waals surface area contributed by atoms with Crippen LogP contribution in [-0.2, 0) is 16.6 Å². The van der Waals surface area contributed by atoms with Gasteiger partial charge in [0.1, 0.15) is 5.76 Å². The fourth-order valence-corrected chi connectivity index (χ4v) is 1.40. The number of aromatic nitrogens is 1. The minimum absolute atomic E-state index is 0.483. The SMILES string of the molecule is CCS(=O)Cc1cc(C)no1. The van der Waals surface area contributed by atoms with Gasteiger partial charge in [-0.25, -0.2) is 0 Å². The molecular weight excluding hydrogens is 162 g/mol. The second kappa shape index (κ2) is 3.67. The van der Waals surface area contributed by atoms with Crippen molar-refractivity contribution in [2.45, 2.75) is 19.6 Å². The van der Waals surface area contributed by atoms with Crippen LogP contribution in [0.3, 0.4) is 0 Å². The molecule has 1 heterocycles. The molecule has 1 rings (SSSR count). The first-order valence-electron chi connectivity index (χ1n) is 3.49. The summed E-state index contributed by atoms with van der Waals surface area (Å²) in [5, 5.41) is 3.69. The summed E-state index contributed by atoms with van der Waals surface area (Å²) < 4.78 is 15.9. The zero-order chi connectivity index (χ0) is 8.27. The van der Waals surface area contributed by atoms with Crippen LogP contribution in [0.1, 0.15) is 18.4 Å². The molecule has 0 saturated carbocycles. The first-order valence-corrected chi connectivity index (χ1v) is 4.98. The molecule has 0 fully saturated rings. The molecular formula is C7H11NO2S. The van der Waals surface area contributed by atoms with Crippen molar-refractivity contribution >= 4 is 10.8 Å². The van der Waals surface area contributed by atoms with Crippen molar-refractivity contribution in [1.29, 1.82) is 0 Å². The van der Waals surface area contributed by atoms with Crippen molar-refractivity contribution in [2.75, 3.05) is 5.75 Å². The van der Waals surface area contributed by atoms with E-state index >= 15 is 0 Å². The predicted molar refractivity (Wildman–Crippen MR) is 43.6 cm³/mol. The molecule has 0 radical (unpaired) electrons.